The Hall–Kier alpha value is -7.05. The summed E-state index contributed by atoms with van der Waals surface area (Å²) < 4.78 is 9.48. The van der Waals surface area contributed by atoms with Crippen molar-refractivity contribution in [3.05, 3.63) is 71.3 Å². The molecule has 19 nitrogen and oxygen atoms in total. The van der Waals surface area contributed by atoms with Crippen LogP contribution in [0, 0.1) is 13.8 Å². The fourth-order valence-corrected chi connectivity index (χ4v) is 7.71. The van der Waals surface area contributed by atoms with E-state index in [1.807, 2.05) is 50.2 Å². The molecular formula is C39H44N14O5. The topological polar surface area (TPSA) is 238 Å². The van der Waals surface area contributed by atoms with Gasteiger partial charge in [0.15, 0.2) is 40.1 Å². The van der Waals surface area contributed by atoms with Crippen molar-refractivity contribution in [3.63, 3.8) is 0 Å². The Balaban J connectivity index is 0.000000140. The van der Waals surface area contributed by atoms with E-state index in [-0.39, 0.29) is 23.7 Å². The molecule has 2 fully saturated rings. The summed E-state index contributed by atoms with van der Waals surface area (Å²) in [6, 6.07) is 14.8. The maximum absolute atomic E-state index is 13.4. The predicted molar refractivity (Wildman–Crippen MR) is 218 cm³/mol. The molecule has 0 unspecified atom stereocenters. The number of aromatic amines is 2. The zero-order chi connectivity index (χ0) is 40.5. The molecule has 6 aromatic heterocycles. The summed E-state index contributed by atoms with van der Waals surface area (Å²) in [6.45, 7) is 7.54. The third-order valence-electron chi connectivity index (χ3n) is 10.5. The molecule has 4 bridgehead atoms. The van der Waals surface area contributed by atoms with Crippen LogP contribution in [0.15, 0.2) is 48.5 Å². The number of amides is 2. The van der Waals surface area contributed by atoms with E-state index in [0.717, 1.165) is 78.4 Å². The monoisotopic (exact) mass is 788 g/mol. The summed E-state index contributed by atoms with van der Waals surface area (Å²) in [5.74, 6) is 1.33. The highest BCUT2D eigenvalue weighted by Gasteiger charge is 2.39. The highest BCUT2D eigenvalue weighted by molar-refractivity contribution is 6.07. The van der Waals surface area contributed by atoms with Crippen LogP contribution in [-0.4, -0.2) is 111 Å². The van der Waals surface area contributed by atoms with Crippen LogP contribution in [0.2, 0.25) is 0 Å². The fourth-order valence-electron chi connectivity index (χ4n) is 7.71. The SMILES string of the molecule is COC(=O)c1ccc2c(n1)N(C(=O)Nc1n[nH]c3nc(C)ccc13)[C@H]1CCCN2C1.COC(=O)c1ccc2c(n1)N[C@H]1CCCN2C1.Cc1ccc2c(N)[nH]nc2n1. The lowest BCUT2D eigenvalue weighted by molar-refractivity contribution is 0.0585. The Labute approximate surface area is 332 Å². The molecule has 0 saturated carbocycles. The fraction of sp³-hybridized carbons (Fsp3) is 0.359. The molecule has 6 aromatic rings. The van der Waals surface area contributed by atoms with Gasteiger partial charge in [0.25, 0.3) is 0 Å². The number of nitrogens with two attached hydrogens (primary N) is 1. The van der Waals surface area contributed by atoms with Gasteiger partial charge in [-0.3, -0.25) is 20.4 Å². The first kappa shape index (κ1) is 37.9. The van der Waals surface area contributed by atoms with Crippen molar-refractivity contribution in [1.82, 2.24) is 40.3 Å². The molecule has 0 spiro atoms. The number of rotatable bonds is 3. The molecule has 2 atom stereocenters. The van der Waals surface area contributed by atoms with Crippen molar-refractivity contribution in [2.24, 2.45) is 0 Å². The molecule has 0 radical (unpaired) electrons. The first-order valence-corrected chi connectivity index (χ1v) is 19.0. The highest BCUT2D eigenvalue weighted by Crippen LogP contribution is 2.39. The summed E-state index contributed by atoms with van der Waals surface area (Å²) in [5, 5.41) is 21.5. The number of nitrogens with zero attached hydrogens (tertiary/aromatic N) is 9. The summed E-state index contributed by atoms with van der Waals surface area (Å²) in [6.07, 6.45) is 4.20. The van der Waals surface area contributed by atoms with Crippen LogP contribution in [0.3, 0.4) is 0 Å². The van der Waals surface area contributed by atoms with E-state index in [1.165, 1.54) is 27.1 Å². The van der Waals surface area contributed by atoms with Gasteiger partial charge in [-0.1, -0.05) is 0 Å². The Kier molecular flexibility index (Phi) is 10.3. The second-order valence-electron chi connectivity index (χ2n) is 14.4. The molecule has 58 heavy (non-hydrogen) atoms. The first-order valence-electron chi connectivity index (χ1n) is 19.0. The smallest absolute Gasteiger partial charge is 0.356 e. The van der Waals surface area contributed by atoms with Gasteiger partial charge in [0.1, 0.15) is 5.82 Å². The largest absolute Gasteiger partial charge is 0.464 e. The highest BCUT2D eigenvalue weighted by atomic mass is 16.5. The van der Waals surface area contributed by atoms with Crippen LogP contribution in [0.25, 0.3) is 22.1 Å². The minimum absolute atomic E-state index is 0.0442. The van der Waals surface area contributed by atoms with Crippen LogP contribution in [0.4, 0.5) is 39.4 Å². The van der Waals surface area contributed by atoms with Crippen molar-refractivity contribution in [2.75, 3.05) is 71.5 Å². The number of nitrogen functional groups attached to an aromatic ring is 1. The van der Waals surface area contributed by atoms with Crippen LogP contribution in [-0.2, 0) is 9.47 Å². The van der Waals surface area contributed by atoms with Crippen molar-refractivity contribution in [1.29, 1.82) is 0 Å². The van der Waals surface area contributed by atoms with Crippen molar-refractivity contribution in [3.8, 4) is 0 Å². The third-order valence-corrected chi connectivity index (χ3v) is 10.5. The minimum Gasteiger partial charge on any atom is -0.464 e. The summed E-state index contributed by atoms with van der Waals surface area (Å²) in [5.41, 5.74) is 11.1. The van der Waals surface area contributed by atoms with E-state index in [1.54, 1.807) is 17.0 Å². The molecule has 0 aromatic carbocycles. The number of fused-ring (bicyclic) bond motifs is 10. The molecule has 4 aliphatic heterocycles. The molecule has 300 valence electrons. The quantitative estimate of drug-likeness (QED) is 0.154. The van der Waals surface area contributed by atoms with E-state index < -0.39 is 5.97 Å². The normalized spacial score (nSPS) is 17.4. The van der Waals surface area contributed by atoms with Gasteiger partial charge < -0.3 is 30.3 Å². The maximum atomic E-state index is 13.4. The van der Waals surface area contributed by atoms with Gasteiger partial charge in [-0.15, -0.1) is 0 Å². The van der Waals surface area contributed by atoms with Crippen LogP contribution in [0.1, 0.15) is 58.0 Å². The Morgan fingerprint density at radius 1 is 0.759 bits per heavy atom. The number of carbonyl (C=O) groups excluding carboxylic acids is 3. The minimum atomic E-state index is -0.538. The third kappa shape index (κ3) is 7.45. The number of hydrogen-bond donors (Lipinski definition) is 5. The lowest BCUT2D eigenvalue weighted by Crippen LogP contribution is -2.56. The van der Waals surface area contributed by atoms with Gasteiger partial charge in [-0.2, -0.15) is 10.2 Å². The van der Waals surface area contributed by atoms with Gasteiger partial charge in [-0.05, 0) is 88.1 Å². The summed E-state index contributed by atoms with van der Waals surface area (Å²) >= 11 is 0. The number of aryl methyl sites for hydroxylation is 2. The molecular weight excluding hydrogens is 745 g/mol. The predicted octanol–water partition coefficient (Wildman–Crippen LogP) is 4.58. The van der Waals surface area contributed by atoms with Crippen LogP contribution < -0.4 is 31.1 Å². The zero-order valence-corrected chi connectivity index (χ0v) is 32.6. The molecule has 10 rings (SSSR count). The number of pyridine rings is 4. The number of ether oxygens (including phenoxy) is 2. The molecule has 0 aliphatic carbocycles. The number of aromatic nitrogens is 8. The Morgan fingerprint density at radius 3 is 2.19 bits per heavy atom. The number of carbonyl (C=O) groups is 3. The first-order chi connectivity index (χ1) is 28.1. The van der Waals surface area contributed by atoms with E-state index in [9.17, 15) is 14.4 Å². The number of hydrogen-bond acceptors (Lipinski definition) is 15. The van der Waals surface area contributed by atoms with Gasteiger partial charge in [0.05, 0.1) is 42.4 Å². The van der Waals surface area contributed by atoms with Crippen molar-refractivity contribution >= 4 is 74.7 Å². The standard InChI is InChI=1S/C20H21N7O3.C12H15N3O2.C7H8N4/c1-11-5-6-13-16(21-11)24-25-17(13)23-20(29)27-12-4-3-9-26(10-12)15-8-7-14(19(28)30-2)22-18(15)27;1-17-12(16)9-4-5-10-11(14-9)13-8-3-2-6-15(10)7-8;1-4-2-3-5-6(8)10-11-7(5)9-4/h5-8,12H,3-4,9-10H2,1-2H3,(H2,21,23,24,25,29);4-5,8H,2-3,6-7H2,1H3,(H,13,14);2-3H,1H3,(H3,8,9,10,11)/t12-;8-;/m00./s1. The van der Waals surface area contributed by atoms with Crippen molar-refractivity contribution < 1.29 is 23.9 Å². The lowest BCUT2D eigenvalue weighted by Gasteiger charge is -2.45. The molecule has 19 heteroatoms. The van der Waals surface area contributed by atoms with Crippen LogP contribution >= 0.6 is 0 Å². The number of methoxy groups -OCH3 is 2. The number of H-pyrrole nitrogens is 2. The van der Waals surface area contributed by atoms with E-state index in [0.29, 0.717) is 40.5 Å². The molecule has 4 aliphatic rings. The summed E-state index contributed by atoms with van der Waals surface area (Å²) in [7, 11) is 2.68. The Bertz CT molecular complexity index is 2520. The lowest BCUT2D eigenvalue weighted by atomic mass is 10.00. The van der Waals surface area contributed by atoms with Gasteiger partial charge >= 0.3 is 18.0 Å². The Morgan fingerprint density at radius 2 is 1.43 bits per heavy atom. The van der Waals surface area contributed by atoms with Gasteiger partial charge in [0.2, 0.25) is 0 Å². The number of anilines is 6. The van der Waals surface area contributed by atoms with E-state index >= 15 is 0 Å². The molecule has 2 amide bonds. The average Bonchev–Trinajstić information content (AvgIpc) is 3.81. The molecule has 6 N–H and O–H groups in total. The molecule has 10 heterocycles. The second-order valence-corrected chi connectivity index (χ2v) is 14.4. The van der Waals surface area contributed by atoms with Crippen LogP contribution in [0.5, 0.6) is 0 Å². The average molecular weight is 789 g/mol. The van der Waals surface area contributed by atoms with Crippen molar-refractivity contribution in [2.45, 2.75) is 51.6 Å². The maximum Gasteiger partial charge on any atom is 0.356 e. The number of urea groups is 1. The van der Waals surface area contributed by atoms with Gasteiger partial charge in [-0.25, -0.2) is 34.3 Å². The summed E-state index contributed by atoms with van der Waals surface area (Å²) in [4.78, 5) is 60.3. The number of piperidine rings is 2. The zero-order valence-electron chi connectivity index (χ0n) is 32.6. The molecule has 2 saturated heterocycles. The van der Waals surface area contributed by atoms with E-state index in [2.05, 4.69) is 65.5 Å². The van der Waals surface area contributed by atoms with Gasteiger partial charge in [0, 0.05) is 43.6 Å². The number of nitrogens with one attached hydrogen (secondary N) is 4. The van der Waals surface area contributed by atoms with E-state index in [4.69, 9.17) is 10.5 Å². The number of esters is 2. The second kappa shape index (κ2) is 15.8.